The third kappa shape index (κ3) is 8.58. The van der Waals surface area contributed by atoms with Crippen LogP contribution in [0.25, 0.3) is 0 Å². The second kappa shape index (κ2) is 12.2. The quantitative estimate of drug-likeness (QED) is 0.720. The van der Waals surface area contributed by atoms with Gasteiger partial charge in [-0.05, 0) is 42.9 Å². The fourth-order valence-electron chi connectivity index (χ4n) is 3.48. The van der Waals surface area contributed by atoms with Crippen LogP contribution in [-0.2, 0) is 6.42 Å². The molecule has 2 aliphatic carbocycles. The number of amides is 2. The lowest BCUT2D eigenvalue weighted by Gasteiger charge is -2.08. The zero-order chi connectivity index (χ0) is 17.8. The van der Waals surface area contributed by atoms with Gasteiger partial charge in [0.25, 0.3) is 0 Å². The summed E-state index contributed by atoms with van der Waals surface area (Å²) >= 11 is 5.93. The van der Waals surface area contributed by atoms with Gasteiger partial charge in [0.2, 0.25) is 0 Å². The van der Waals surface area contributed by atoms with Crippen LogP contribution in [0.3, 0.4) is 0 Å². The van der Waals surface area contributed by atoms with Crippen LogP contribution in [0.4, 0.5) is 4.79 Å². The van der Waals surface area contributed by atoms with E-state index in [2.05, 4.69) is 17.4 Å². The van der Waals surface area contributed by atoms with Crippen molar-refractivity contribution < 1.29 is 4.79 Å². The second-order valence-electron chi connectivity index (χ2n) is 6.47. The highest BCUT2D eigenvalue weighted by molar-refractivity contribution is 6.30. The van der Waals surface area contributed by atoms with Crippen molar-refractivity contribution in [1.29, 1.82) is 0 Å². The van der Waals surface area contributed by atoms with E-state index in [-0.39, 0.29) is 6.03 Å². The van der Waals surface area contributed by atoms with Gasteiger partial charge in [-0.25, -0.2) is 4.79 Å². The average molecular weight is 353 g/mol. The van der Waals surface area contributed by atoms with Crippen molar-refractivity contribution >= 4 is 17.6 Å². The summed E-state index contributed by atoms with van der Waals surface area (Å²) in [7, 11) is 0. The lowest BCUT2D eigenvalue weighted by molar-refractivity contribution is 0.245. The summed E-state index contributed by atoms with van der Waals surface area (Å²) in [6.07, 6.45) is 11.5. The maximum Gasteiger partial charge on any atom is 0.312 e. The van der Waals surface area contributed by atoms with Crippen LogP contribution in [0.15, 0.2) is 24.3 Å². The number of nitrogens with one attached hydrogen (secondary N) is 1. The molecule has 3 N–H and O–H groups in total. The largest absolute Gasteiger partial charge is 0.352 e. The number of hydrogen-bond acceptors (Lipinski definition) is 1. The summed E-state index contributed by atoms with van der Waals surface area (Å²) in [6.45, 7) is 4.00. The minimum Gasteiger partial charge on any atom is -0.352 e. The van der Waals surface area contributed by atoms with Gasteiger partial charge in [0.05, 0.1) is 0 Å². The number of nitrogens with two attached hydrogens (primary N) is 1. The minimum atomic E-state index is -0.387. The van der Waals surface area contributed by atoms with Crippen molar-refractivity contribution in [3.8, 4) is 0 Å². The Morgan fingerprint density at radius 3 is 2.25 bits per heavy atom. The van der Waals surface area contributed by atoms with Crippen LogP contribution >= 0.6 is 11.6 Å². The van der Waals surface area contributed by atoms with E-state index in [1.54, 1.807) is 0 Å². The smallest absolute Gasteiger partial charge is 0.312 e. The number of carbonyl (C=O) groups excluding carboxylic acids is 1. The normalized spacial score (nSPS) is 17.5. The van der Waals surface area contributed by atoms with E-state index in [9.17, 15) is 4.79 Å². The van der Waals surface area contributed by atoms with Gasteiger partial charge in [-0.15, -0.1) is 0 Å². The number of urea groups is 1. The fourth-order valence-corrected chi connectivity index (χ4v) is 3.70. The Balaban J connectivity index is 0.000000230. The molecular formula is C20H33ClN2O. The topological polar surface area (TPSA) is 55.1 Å². The highest BCUT2D eigenvalue weighted by Gasteiger charge is 2.15. The number of rotatable bonds is 3. The molecule has 0 spiro atoms. The van der Waals surface area contributed by atoms with E-state index in [1.165, 1.54) is 50.5 Å². The first-order valence-electron chi connectivity index (χ1n) is 9.44. The second-order valence-corrected chi connectivity index (χ2v) is 6.91. The van der Waals surface area contributed by atoms with Crippen molar-refractivity contribution in [2.75, 3.05) is 0 Å². The maximum atomic E-state index is 10.3. The minimum absolute atomic E-state index is 0.363. The van der Waals surface area contributed by atoms with E-state index < -0.39 is 0 Å². The molecule has 3 rings (SSSR count). The van der Waals surface area contributed by atoms with Gasteiger partial charge in [0.15, 0.2) is 0 Å². The Hall–Kier alpha value is -1.22. The molecule has 0 unspecified atom stereocenters. The lowest BCUT2D eigenvalue weighted by atomic mass is 9.98. The van der Waals surface area contributed by atoms with Crippen LogP contribution in [0.5, 0.6) is 0 Å². The molecule has 0 aromatic heterocycles. The van der Waals surface area contributed by atoms with E-state index >= 15 is 0 Å². The summed E-state index contributed by atoms with van der Waals surface area (Å²) in [4.78, 5) is 10.3. The fraction of sp³-hybridized carbons (Fsp3) is 0.650. The standard InChI is InChI=1S/C12H15Cl.C6H12N2O.C2H6/c13-12-7-3-6-11(9-12)8-10-4-1-2-5-10;7-6(9)8-5-3-1-2-4-5;1-2/h3,6-7,9-10H,1-2,4-5,8H2;5H,1-4H2,(H3,7,8,9);1-2H3. The molecular weight excluding hydrogens is 320 g/mol. The third-order valence-electron chi connectivity index (χ3n) is 4.59. The Morgan fingerprint density at radius 1 is 1.12 bits per heavy atom. The molecule has 0 saturated heterocycles. The van der Waals surface area contributed by atoms with Crippen molar-refractivity contribution in [1.82, 2.24) is 5.32 Å². The van der Waals surface area contributed by atoms with Crippen LogP contribution in [0, 0.1) is 5.92 Å². The number of benzene rings is 1. The third-order valence-corrected chi connectivity index (χ3v) is 4.82. The van der Waals surface area contributed by atoms with Crippen LogP contribution < -0.4 is 11.1 Å². The highest BCUT2D eigenvalue weighted by atomic mass is 35.5. The molecule has 2 saturated carbocycles. The monoisotopic (exact) mass is 352 g/mol. The predicted molar refractivity (Wildman–Crippen MR) is 103 cm³/mol. The molecule has 24 heavy (non-hydrogen) atoms. The molecule has 3 nitrogen and oxygen atoms in total. The van der Waals surface area contributed by atoms with Crippen molar-refractivity contribution in [2.24, 2.45) is 11.7 Å². The lowest BCUT2D eigenvalue weighted by Crippen LogP contribution is -2.36. The number of hydrogen-bond donors (Lipinski definition) is 2. The van der Waals surface area contributed by atoms with Crippen molar-refractivity contribution in [2.45, 2.75) is 77.7 Å². The molecule has 0 heterocycles. The van der Waals surface area contributed by atoms with Crippen LogP contribution in [0.1, 0.15) is 70.8 Å². The molecule has 1 aromatic carbocycles. The zero-order valence-electron chi connectivity index (χ0n) is 15.2. The molecule has 0 aliphatic heterocycles. The SMILES string of the molecule is CC.Clc1cccc(CC2CCCC2)c1.NC(=O)NC1CCCC1. The van der Waals surface area contributed by atoms with E-state index in [0.717, 1.165) is 23.8 Å². The van der Waals surface area contributed by atoms with Crippen molar-refractivity contribution in [3.05, 3.63) is 34.9 Å². The molecule has 4 heteroatoms. The Kier molecular flexibility index (Phi) is 10.6. The van der Waals surface area contributed by atoms with Gasteiger partial charge in [-0.1, -0.05) is 76.1 Å². The van der Waals surface area contributed by atoms with Gasteiger partial charge in [-0.2, -0.15) is 0 Å². The summed E-state index contributed by atoms with van der Waals surface area (Å²) in [6, 6.07) is 8.25. The Labute approximate surface area is 152 Å². The number of halogens is 1. The Bertz CT molecular complexity index is 466. The molecule has 2 aliphatic rings. The summed E-state index contributed by atoms with van der Waals surface area (Å²) in [5.74, 6) is 0.915. The first-order chi connectivity index (χ1) is 11.6. The summed E-state index contributed by atoms with van der Waals surface area (Å²) in [5.41, 5.74) is 6.32. The summed E-state index contributed by atoms with van der Waals surface area (Å²) < 4.78 is 0. The molecule has 0 bridgehead atoms. The predicted octanol–water partition coefficient (Wildman–Crippen LogP) is 5.70. The maximum absolute atomic E-state index is 10.3. The average Bonchev–Trinajstić information content (AvgIpc) is 3.23. The molecule has 1 aromatic rings. The van der Waals surface area contributed by atoms with Gasteiger partial charge in [-0.3, -0.25) is 0 Å². The molecule has 0 atom stereocenters. The number of carbonyl (C=O) groups is 1. The molecule has 2 amide bonds. The first kappa shape index (κ1) is 20.8. The van der Waals surface area contributed by atoms with Gasteiger partial charge in [0.1, 0.15) is 0 Å². The van der Waals surface area contributed by atoms with Gasteiger partial charge in [0, 0.05) is 11.1 Å². The van der Waals surface area contributed by atoms with E-state index in [4.69, 9.17) is 17.3 Å². The first-order valence-corrected chi connectivity index (χ1v) is 9.81. The zero-order valence-corrected chi connectivity index (χ0v) is 15.9. The van der Waals surface area contributed by atoms with E-state index in [1.807, 2.05) is 26.0 Å². The number of primary amides is 1. The van der Waals surface area contributed by atoms with Gasteiger partial charge < -0.3 is 11.1 Å². The molecule has 136 valence electrons. The van der Waals surface area contributed by atoms with Crippen LogP contribution in [-0.4, -0.2) is 12.1 Å². The summed E-state index contributed by atoms with van der Waals surface area (Å²) in [5, 5.41) is 3.55. The molecule has 0 radical (unpaired) electrons. The van der Waals surface area contributed by atoms with Crippen LogP contribution in [0.2, 0.25) is 5.02 Å². The van der Waals surface area contributed by atoms with Crippen molar-refractivity contribution in [3.63, 3.8) is 0 Å². The van der Waals surface area contributed by atoms with E-state index in [0.29, 0.717) is 6.04 Å². The van der Waals surface area contributed by atoms with Gasteiger partial charge >= 0.3 is 6.03 Å². The molecule has 2 fully saturated rings. The highest BCUT2D eigenvalue weighted by Crippen LogP contribution is 2.28. The Morgan fingerprint density at radius 2 is 1.71 bits per heavy atom.